The molecule has 1 heterocycles. The van der Waals surface area contributed by atoms with Gasteiger partial charge in [-0.1, -0.05) is 16.4 Å². The molecule has 150 valence electrons. The fraction of sp³-hybridized carbons (Fsp3) is 0.158. The number of carbonyl (C=O) groups excluding carboxylic acids is 1. The molecule has 0 radical (unpaired) electrons. The van der Waals surface area contributed by atoms with Crippen molar-refractivity contribution >= 4 is 27.4 Å². The van der Waals surface area contributed by atoms with Crippen molar-refractivity contribution < 1.29 is 28.1 Å². The highest BCUT2D eigenvalue weighted by Crippen LogP contribution is 2.19. The van der Waals surface area contributed by atoms with Gasteiger partial charge in [-0.2, -0.15) is 0 Å². The normalized spacial score (nSPS) is 11.5. The Kier molecular flexibility index (Phi) is 6.65. The zero-order chi connectivity index (χ0) is 20.8. The molecule has 0 fully saturated rings. The molecule has 0 aliphatic carbocycles. The van der Waals surface area contributed by atoms with E-state index in [2.05, 4.69) is 36.0 Å². The number of Topliss-reactive ketones (excluding diaryl/α,β-unsaturated/α-hetero) is 1. The van der Waals surface area contributed by atoms with Gasteiger partial charge in [-0.05, 0) is 63.0 Å². The molecule has 29 heavy (non-hydrogen) atoms. The van der Waals surface area contributed by atoms with E-state index in [1.165, 1.54) is 42.5 Å². The van der Waals surface area contributed by atoms with E-state index in [0.29, 0.717) is 11.3 Å². The van der Waals surface area contributed by atoms with Crippen LogP contribution in [-0.4, -0.2) is 33.6 Å². The number of ether oxygens (including phenoxy) is 1. The summed E-state index contributed by atoms with van der Waals surface area (Å²) >= 11 is 3.09. The number of hydrogen-bond acceptors (Lipinski definition) is 7. The zero-order valence-electron chi connectivity index (χ0n) is 14.8. The van der Waals surface area contributed by atoms with E-state index in [-0.39, 0.29) is 46.8 Å². The molecule has 1 N–H and O–H groups in total. The number of ketones is 1. The summed E-state index contributed by atoms with van der Waals surface area (Å²) in [4.78, 5) is 12.2. The third kappa shape index (κ3) is 5.44. The maximum Gasteiger partial charge on any atom is 0.176 e. The quantitative estimate of drug-likeness (QED) is 0.309. The summed E-state index contributed by atoms with van der Waals surface area (Å²) in [5.41, 5.74) is 1.03. The highest BCUT2D eigenvalue weighted by Gasteiger charge is 2.20. The van der Waals surface area contributed by atoms with Gasteiger partial charge in [0.1, 0.15) is 35.4 Å². The Balaban J connectivity index is 1.66. The molecule has 0 aliphatic rings. The number of oxime groups is 1. The van der Waals surface area contributed by atoms with Crippen molar-refractivity contribution in [3.8, 4) is 5.75 Å². The van der Waals surface area contributed by atoms with Crippen LogP contribution < -0.4 is 4.74 Å². The monoisotopic (exact) mass is 465 g/mol. The first-order valence-corrected chi connectivity index (χ1v) is 9.12. The van der Waals surface area contributed by atoms with Gasteiger partial charge in [0.2, 0.25) is 0 Å². The van der Waals surface area contributed by atoms with Crippen LogP contribution in [0.5, 0.6) is 5.75 Å². The molecule has 0 spiro atoms. The second-order valence-corrected chi connectivity index (χ2v) is 6.84. The Bertz CT molecular complexity index is 1040. The minimum absolute atomic E-state index is 0.104. The zero-order valence-corrected chi connectivity index (χ0v) is 16.4. The number of nitrogens with zero attached hydrogens (tertiary/aromatic N) is 3. The smallest absolute Gasteiger partial charge is 0.176 e. The van der Waals surface area contributed by atoms with Crippen molar-refractivity contribution in [3.05, 3.63) is 75.5 Å². The van der Waals surface area contributed by atoms with E-state index in [4.69, 9.17) is 4.74 Å². The molecule has 0 atom stereocenters. The summed E-state index contributed by atoms with van der Waals surface area (Å²) in [5.74, 6) is -0.830. The third-order valence-electron chi connectivity index (χ3n) is 3.88. The average Bonchev–Trinajstić information content (AvgIpc) is 3.16. The SMILES string of the molecule is O=C(COc1ccc(F)cc1)Cc1nonc1/C(Cc1ccc(F)c(Br)c1)=N/O. The maximum atomic E-state index is 13.4. The maximum absolute atomic E-state index is 13.4. The van der Waals surface area contributed by atoms with Crippen molar-refractivity contribution in [1.82, 2.24) is 10.3 Å². The van der Waals surface area contributed by atoms with E-state index in [0.717, 1.165) is 0 Å². The molecule has 3 aromatic rings. The first-order valence-electron chi connectivity index (χ1n) is 8.33. The molecule has 10 heteroatoms. The van der Waals surface area contributed by atoms with Gasteiger partial charge < -0.3 is 9.94 Å². The lowest BCUT2D eigenvalue weighted by molar-refractivity contribution is -0.120. The lowest BCUT2D eigenvalue weighted by atomic mass is 10.0. The molecular weight excluding hydrogens is 452 g/mol. The van der Waals surface area contributed by atoms with Crippen molar-refractivity contribution in [2.75, 3.05) is 6.61 Å². The number of halogens is 3. The molecule has 0 aliphatic heterocycles. The molecule has 7 nitrogen and oxygen atoms in total. The minimum Gasteiger partial charge on any atom is -0.486 e. The highest BCUT2D eigenvalue weighted by atomic mass is 79.9. The second kappa shape index (κ2) is 9.37. The van der Waals surface area contributed by atoms with E-state index in [1.807, 2.05) is 0 Å². The summed E-state index contributed by atoms with van der Waals surface area (Å²) < 4.78 is 36.5. The average molecular weight is 466 g/mol. The van der Waals surface area contributed by atoms with Crippen molar-refractivity contribution in [1.29, 1.82) is 0 Å². The van der Waals surface area contributed by atoms with Gasteiger partial charge >= 0.3 is 0 Å². The van der Waals surface area contributed by atoms with Crippen LogP contribution in [-0.2, 0) is 17.6 Å². The van der Waals surface area contributed by atoms with E-state index in [1.54, 1.807) is 0 Å². The van der Waals surface area contributed by atoms with E-state index >= 15 is 0 Å². The van der Waals surface area contributed by atoms with Gasteiger partial charge in [0, 0.05) is 6.42 Å². The van der Waals surface area contributed by atoms with Gasteiger partial charge in [-0.25, -0.2) is 13.4 Å². The summed E-state index contributed by atoms with van der Waals surface area (Å²) in [6.45, 7) is -0.269. The molecule has 0 saturated carbocycles. The first-order chi connectivity index (χ1) is 14.0. The standard InChI is InChI=1S/C19H14BrF2N3O4/c20-15-7-11(1-6-16(15)22)8-17(23-27)19-18(24-29-25-19)9-13(26)10-28-14-4-2-12(21)3-5-14/h1-7,27H,8-10H2/b23-17+. The van der Waals surface area contributed by atoms with Crippen LogP contribution in [0, 0.1) is 11.6 Å². The van der Waals surface area contributed by atoms with E-state index in [9.17, 15) is 18.8 Å². The van der Waals surface area contributed by atoms with Gasteiger partial charge in [-0.3, -0.25) is 4.79 Å². The molecule has 2 aromatic carbocycles. The third-order valence-corrected chi connectivity index (χ3v) is 4.49. The lowest BCUT2D eigenvalue weighted by Crippen LogP contribution is -2.17. The molecule has 3 rings (SSSR count). The van der Waals surface area contributed by atoms with Crippen LogP contribution in [0.1, 0.15) is 17.0 Å². The Morgan fingerprint density at radius 2 is 1.90 bits per heavy atom. The topological polar surface area (TPSA) is 97.8 Å². The molecule has 0 amide bonds. The van der Waals surface area contributed by atoms with E-state index < -0.39 is 11.6 Å². The predicted octanol–water partition coefficient (Wildman–Crippen LogP) is 3.72. The minimum atomic E-state index is -0.424. The van der Waals surface area contributed by atoms with Crippen LogP contribution in [0.2, 0.25) is 0 Å². The molecule has 1 aromatic heterocycles. The largest absolute Gasteiger partial charge is 0.486 e. The van der Waals surface area contributed by atoms with Crippen molar-refractivity contribution in [2.45, 2.75) is 12.8 Å². The first kappa shape index (κ1) is 20.6. The van der Waals surface area contributed by atoms with Crippen LogP contribution >= 0.6 is 15.9 Å². The fourth-order valence-electron chi connectivity index (χ4n) is 2.48. The lowest BCUT2D eigenvalue weighted by Gasteiger charge is -2.06. The molecule has 0 bridgehead atoms. The van der Waals surface area contributed by atoms with Crippen molar-refractivity contribution in [2.24, 2.45) is 5.16 Å². The molecular formula is C19H14BrF2N3O4. The van der Waals surface area contributed by atoms with Gasteiger partial charge in [0.05, 0.1) is 10.9 Å². The van der Waals surface area contributed by atoms with Crippen molar-refractivity contribution in [3.63, 3.8) is 0 Å². The van der Waals surface area contributed by atoms with Gasteiger partial charge in [-0.15, -0.1) is 0 Å². The Morgan fingerprint density at radius 3 is 2.59 bits per heavy atom. The van der Waals surface area contributed by atoms with Crippen LogP contribution in [0.15, 0.2) is 56.7 Å². The van der Waals surface area contributed by atoms with Crippen LogP contribution in [0.4, 0.5) is 8.78 Å². The molecule has 0 unspecified atom stereocenters. The number of aromatic nitrogens is 2. The predicted molar refractivity (Wildman–Crippen MR) is 101 cm³/mol. The second-order valence-electron chi connectivity index (χ2n) is 5.99. The van der Waals surface area contributed by atoms with Gasteiger partial charge in [0.25, 0.3) is 0 Å². The van der Waals surface area contributed by atoms with Gasteiger partial charge in [0.15, 0.2) is 11.5 Å². The Hall–Kier alpha value is -3.14. The summed E-state index contributed by atoms with van der Waals surface area (Å²) in [7, 11) is 0. The number of carbonyl (C=O) groups is 1. The highest BCUT2D eigenvalue weighted by molar-refractivity contribution is 9.10. The van der Waals surface area contributed by atoms with Crippen LogP contribution in [0.3, 0.4) is 0 Å². The number of benzene rings is 2. The summed E-state index contributed by atoms with van der Waals surface area (Å²) in [5, 5.41) is 20.0. The Labute approximate surface area is 172 Å². The Morgan fingerprint density at radius 1 is 1.14 bits per heavy atom. The number of hydrogen-bond donors (Lipinski definition) is 1. The summed E-state index contributed by atoms with van der Waals surface area (Å²) in [6.07, 6.45) is -0.0664. The summed E-state index contributed by atoms with van der Waals surface area (Å²) in [6, 6.07) is 9.59. The fourth-order valence-corrected chi connectivity index (χ4v) is 2.91. The number of rotatable bonds is 8. The van der Waals surface area contributed by atoms with Crippen LogP contribution in [0.25, 0.3) is 0 Å². The molecule has 0 saturated heterocycles.